The number of carbonyl (C=O) groups excluding carboxylic acids is 1. The van der Waals surface area contributed by atoms with E-state index >= 15 is 0 Å². The Balaban J connectivity index is 1.72. The van der Waals surface area contributed by atoms with Gasteiger partial charge in [-0.1, -0.05) is 12.1 Å². The van der Waals surface area contributed by atoms with Gasteiger partial charge in [0.2, 0.25) is 5.91 Å². The van der Waals surface area contributed by atoms with Crippen molar-refractivity contribution in [2.75, 3.05) is 22.1 Å². The highest BCUT2D eigenvalue weighted by molar-refractivity contribution is 6.09. The first-order valence-electron chi connectivity index (χ1n) is 8.24. The van der Waals surface area contributed by atoms with Gasteiger partial charge in [0, 0.05) is 6.54 Å². The highest BCUT2D eigenvalue weighted by Crippen LogP contribution is 2.48. The molecule has 2 heterocycles. The molecule has 0 aliphatic carbocycles. The average molecular weight is 323 g/mol. The van der Waals surface area contributed by atoms with E-state index in [1.807, 2.05) is 37.8 Å². The molecule has 1 amide bonds. The number of phenols is 1. The van der Waals surface area contributed by atoms with Crippen LogP contribution in [0.15, 0.2) is 36.4 Å². The summed E-state index contributed by atoms with van der Waals surface area (Å²) in [7, 11) is 0. The van der Waals surface area contributed by atoms with Gasteiger partial charge in [-0.15, -0.1) is 0 Å². The van der Waals surface area contributed by atoms with E-state index in [4.69, 9.17) is 0 Å². The van der Waals surface area contributed by atoms with Crippen molar-refractivity contribution in [1.82, 2.24) is 0 Å². The quantitative estimate of drug-likeness (QED) is 0.790. The smallest absolute Gasteiger partial charge is 0.237 e. The molecule has 124 valence electrons. The molecule has 2 aliphatic rings. The number of phenolic OH excluding ortho intramolecular Hbond substituents is 1. The van der Waals surface area contributed by atoms with Crippen molar-refractivity contribution in [2.45, 2.75) is 32.4 Å². The summed E-state index contributed by atoms with van der Waals surface area (Å²) in [4.78, 5) is 14.5. The molecule has 2 aliphatic heterocycles. The summed E-state index contributed by atoms with van der Waals surface area (Å²) in [6.07, 6.45) is -0.0444. The largest absolute Gasteiger partial charge is 0.508 e. The monoisotopic (exact) mass is 323 g/mol. The molecule has 24 heavy (non-hydrogen) atoms. The lowest BCUT2D eigenvalue weighted by molar-refractivity contribution is -0.122. The number of fused-ring (bicyclic) bond motifs is 2. The van der Waals surface area contributed by atoms with Crippen molar-refractivity contribution in [3.63, 3.8) is 0 Å². The van der Waals surface area contributed by atoms with Crippen LogP contribution in [0.3, 0.4) is 0 Å². The molecular weight excluding hydrogens is 302 g/mol. The molecule has 0 aromatic heterocycles. The minimum absolute atomic E-state index is 0.0444. The molecule has 5 heteroatoms. The Kier molecular flexibility index (Phi) is 3.04. The van der Waals surface area contributed by atoms with E-state index in [2.05, 4.69) is 22.8 Å². The van der Waals surface area contributed by atoms with Crippen LogP contribution in [-0.4, -0.2) is 17.6 Å². The van der Waals surface area contributed by atoms with E-state index in [-0.39, 0.29) is 17.8 Å². The average Bonchev–Trinajstić information content (AvgIpc) is 3.05. The molecule has 2 aromatic carbocycles. The summed E-state index contributed by atoms with van der Waals surface area (Å²) < 4.78 is 0. The van der Waals surface area contributed by atoms with Crippen molar-refractivity contribution in [3.8, 4) is 5.75 Å². The Hall–Kier alpha value is -2.69. The number of anilines is 3. The van der Waals surface area contributed by atoms with Gasteiger partial charge in [-0.2, -0.15) is 0 Å². The van der Waals surface area contributed by atoms with Gasteiger partial charge >= 0.3 is 0 Å². The zero-order valence-corrected chi connectivity index (χ0v) is 14.1. The fourth-order valence-corrected chi connectivity index (χ4v) is 3.61. The van der Waals surface area contributed by atoms with Crippen molar-refractivity contribution in [3.05, 3.63) is 47.5 Å². The second kappa shape index (κ2) is 4.90. The number of hydrogen-bond acceptors (Lipinski definition) is 4. The fourth-order valence-electron chi connectivity index (χ4n) is 3.61. The molecule has 0 saturated carbocycles. The lowest BCUT2D eigenvalue weighted by atomic mass is 9.86. The van der Waals surface area contributed by atoms with Gasteiger partial charge in [0.05, 0.1) is 22.5 Å². The third-order valence-electron chi connectivity index (χ3n) is 5.02. The minimum Gasteiger partial charge on any atom is -0.508 e. The van der Waals surface area contributed by atoms with Crippen LogP contribution >= 0.6 is 0 Å². The summed E-state index contributed by atoms with van der Waals surface area (Å²) in [5.41, 5.74) is 4.60. The van der Waals surface area contributed by atoms with Crippen molar-refractivity contribution < 1.29 is 9.90 Å². The number of aromatic hydroxyl groups is 1. The van der Waals surface area contributed by atoms with E-state index in [1.165, 1.54) is 0 Å². The first-order chi connectivity index (χ1) is 11.4. The molecule has 4 rings (SSSR count). The van der Waals surface area contributed by atoms with Gasteiger partial charge in [0.25, 0.3) is 0 Å². The van der Waals surface area contributed by atoms with Gasteiger partial charge in [0.15, 0.2) is 0 Å². The number of amides is 1. The SMILES string of the molecule is CCN1C(=O)C(C)(C)c2cc3c(cc21)NC(c1ccc(O)cc1)N3. The first kappa shape index (κ1) is 14.9. The van der Waals surface area contributed by atoms with Gasteiger partial charge in [-0.05, 0) is 56.2 Å². The van der Waals surface area contributed by atoms with Gasteiger partial charge in [-0.3, -0.25) is 4.79 Å². The molecule has 2 aromatic rings. The summed E-state index contributed by atoms with van der Waals surface area (Å²) in [6, 6.07) is 11.3. The fraction of sp³-hybridized carbons (Fsp3) is 0.316. The molecule has 0 spiro atoms. The molecule has 0 fully saturated rings. The normalized spacial score (nSPS) is 20.4. The summed E-state index contributed by atoms with van der Waals surface area (Å²) in [6.45, 7) is 6.64. The summed E-state index contributed by atoms with van der Waals surface area (Å²) in [5, 5.41) is 16.4. The maximum Gasteiger partial charge on any atom is 0.237 e. The molecule has 1 atom stereocenters. The molecule has 1 unspecified atom stereocenters. The number of likely N-dealkylation sites (N-methyl/N-ethyl adjacent to an activating group) is 1. The number of carbonyl (C=O) groups is 1. The molecule has 0 radical (unpaired) electrons. The maximum atomic E-state index is 12.6. The number of benzene rings is 2. The Morgan fingerprint density at radius 2 is 1.75 bits per heavy atom. The van der Waals surface area contributed by atoms with Crippen LogP contribution < -0.4 is 15.5 Å². The van der Waals surface area contributed by atoms with E-state index < -0.39 is 5.41 Å². The van der Waals surface area contributed by atoms with Crippen molar-refractivity contribution >= 4 is 23.0 Å². The summed E-state index contributed by atoms with van der Waals surface area (Å²) >= 11 is 0. The van der Waals surface area contributed by atoms with Crippen LogP contribution in [0.5, 0.6) is 5.75 Å². The van der Waals surface area contributed by atoms with E-state index in [0.717, 1.165) is 28.2 Å². The predicted molar refractivity (Wildman–Crippen MR) is 95.6 cm³/mol. The van der Waals surface area contributed by atoms with Gasteiger partial charge in [-0.25, -0.2) is 0 Å². The molecule has 0 saturated heterocycles. The third-order valence-corrected chi connectivity index (χ3v) is 5.02. The number of nitrogens with zero attached hydrogens (tertiary/aromatic N) is 1. The van der Waals surface area contributed by atoms with E-state index in [1.54, 1.807) is 12.1 Å². The number of nitrogens with one attached hydrogen (secondary N) is 2. The van der Waals surface area contributed by atoms with Crippen LogP contribution in [0.1, 0.15) is 38.1 Å². The highest BCUT2D eigenvalue weighted by atomic mass is 16.3. The molecule has 3 N–H and O–H groups in total. The van der Waals surface area contributed by atoms with Crippen LogP contribution in [0.2, 0.25) is 0 Å². The summed E-state index contributed by atoms with van der Waals surface area (Å²) in [5.74, 6) is 0.408. The van der Waals surface area contributed by atoms with Crippen LogP contribution in [0.25, 0.3) is 0 Å². The standard InChI is InChI=1S/C19H21N3O2/c1-4-22-16-10-15-14(9-13(16)19(2,3)18(22)24)20-17(21-15)11-5-7-12(23)8-6-11/h5-10,17,20-21,23H,4H2,1-3H3. The predicted octanol–water partition coefficient (Wildman–Crippen LogP) is 3.57. The van der Waals surface area contributed by atoms with Crippen LogP contribution in [-0.2, 0) is 10.2 Å². The van der Waals surface area contributed by atoms with Gasteiger partial charge < -0.3 is 20.6 Å². The minimum atomic E-state index is -0.501. The first-order valence-corrected chi connectivity index (χ1v) is 8.24. The Labute approximate surface area is 141 Å². The number of rotatable bonds is 2. The van der Waals surface area contributed by atoms with E-state index in [0.29, 0.717) is 6.54 Å². The second-order valence-electron chi connectivity index (χ2n) is 6.90. The Morgan fingerprint density at radius 3 is 2.38 bits per heavy atom. The topological polar surface area (TPSA) is 64.6 Å². The Morgan fingerprint density at radius 1 is 1.12 bits per heavy atom. The van der Waals surface area contributed by atoms with Crippen molar-refractivity contribution in [1.29, 1.82) is 0 Å². The lowest BCUT2D eigenvalue weighted by Crippen LogP contribution is -2.35. The zero-order chi connectivity index (χ0) is 17.1. The van der Waals surface area contributed by atoms with Crippen molar-refractivity contribution in [2.24, 2.45) is 0 Å². The highest BCUT2D eigenvalue weighted by Gasteiger charge is 2.44. The van der Waals surface area contributed by atoms with Crippen LogP contribution in [0.4, 0.5) is 17.1 Å². The molecular formula is C19H21N3O2. The Bertz CT molecular complexity index is 827. The van der Waals surface area contributed by atoms with Gasteiger partial charge in [0.1, 0.15) is 11.9 Å². The van der Waals surface area contributed by atoms with Crippen LogP contribution in [0, 0.1) is 0 Å². The third kappa shape index (κ3) is 1.97. The zero-order valence-electron chi connectivity index (χ0n) is 14.1. The lowest BCUT2D eigenvalue weighted by Gasteiger charge is -2.18. The molecule has 0 bridgehead atoms. The molecule has 5 nitrogen and oxygen atoms in total. The number of hydrogen-bond donors (Lipinski definition) is 3. The maximum absolute atomic E-state index is 12.6. The van der Waals surface area contributed by atoms with E-state index in [9.17, 15) is 9.90 Å². The second-order valence-corrected chi connectivity index (χ2v) is 6.90.